The van der Waals surface area contributed by atoms with Gasteiger partial charge in [0.25, 0.3) is 11.8 Å². The monoisotopic (exact) mass is 435 g/mol. The molecule has 0 spiro atoms. The number of nitrogens with zero attached hydrogens (tertiary/aromatic N) is 1. The summed E-state index contributed by atoms with van der Waals surface area (Å²) in [5, 5.41) is 5.98. The quantitative estimate of drug-likeness (QED) is 0.423. The van der Waals surface area contributed by atoms with Crippen molar-refractivity contribution in [1.82, 2.24) is 15.6 Å². The highest BCUT2D eigenvalue weighted by atomic mass is 16.2. The van der Waals surface area contributed by atoms with E-state index in [0.717, 1.165) is 22.4 Å². The van der Waals surface area contributed by atoms with Crippen LogP contribution in [-0.2, 0) is 13.0 Å². The van der Waals surface area contributed by atoms with E-state index in [1.165, 1.54) is 0 Å². The Labute approximate surface area is 193 Å². The van der Waals surface area contributed by atoms with Gasteiger partial charge in [0.1, 0.15) is 0 Å². The molecule has 0 aliphatic rings. The largest absolute Gasteiger partial charge is 0.352 e. The molecule has 2 amide bonds. The van der Waals surface area contributed by atoms with Gasteiger partial charge < -0.3 is 10.6 Å². The first-order valence-electron chi connectivity index (χ1n) is 10.9. The van der Waals surface area contributed by atoms with Crippen LogP contribution < -0.4 is 10.6 Å². The summed E-state index contributed by atoms with van der Waals surface area (Å²) in [6, 6.07) is 30.2. The molecule has 0 unspecified atom stereocenters. The maximum Gasteiger partial charge on any atom is 0.251 e. The van der Waals surface area contributed by atoms with Crippen LogP contribution in [0.5, 0.6) is 0 Å². The Bertz CT molecular complexity index is 1220. The molecule has 3 aromatic carbocycles. The molecule has 0 saturated heterocycles. The van der Waals surface area contributed by atoms with E-state index >= 15 is 0 Å². The first-order chi connectivity index (χ1) is 16.2. The number of benzene rings is 3. The molecule has 0 radical (unpaired) electrons. The van der Waals surface area contributed by atoms with Crippen LogP contribution in [-0.4, -0.2) is 23.3 Å². The first-order valence-corrected chi connectivity index (χ1v) is 10.9. The molecule has 4 rings (SSSR count). The Kier molecular flexibility index (Phi) is 7.23. The van der Waals surface area contributed by atoms with Gasteiger partial charge in [-0.2, -0.15) is 0 Å². The van der Waals surface area contributed by atoms with Gasteiger partial charge in [0.05, 0.1) is 0 Å². The lowest BCUT2D eigenvalue weighted by molar-refractivity contribution is 0.0944. The first kappa shape index (κ1) is 22.0. The van der Waals surface area contributed by atoms with Crippen LogP contribution in [0.4, 0.5) is 0 Å². The van der Waals surface area contributed by atoms with E-state index < -0.39 is 0 Å². The SMILES string of the molecule is O=C(NCc1ccccc1-c1ccccc1C(=O)NCCc1ccccn1)c1ccccc1. The zero-order chi connectivity index (χ0) is 22.9. The van der Waals surface area contributed by atoms with Gasteiger partial charge in [-0.05, 0) is 47.0 Å². The van der Waals surface area contributed by atoms with E-state index in [2.05, 4.69) is 15.6 Å². The number of rotatable bonds is 8. The van der Waals surface area contributed by atoms with Crippen molar-refractivity contribution in [2.45, 2.75) is 13.0 Å². The van der Waals surface area contributed by atoms with Crippen molar-refractivity contribution >= 4 is 11.8 Å². The Balaban J connectivity index is 1.49. The molecule has 0 bridgehead atoms. The molecule has 5 heteroatoms. The second-order valence-corrected chi connectivity index (χ2v) is 7.58. The minimum Gasteiger partial charge on any atom is -0.352 e. The minimum absolute atomic E-state index is 0.133. The van der Waals surface area contributed by atoms with Crippen LogP contribution in [0.3, 0.4) is 0 Å². The maximum atomic E-state index is 13.0. The van der Waals surface area contributed by atoms with Gasteiger partial charge >= 0.3 is 0 Å². The number of hydrogen-bond acceptors (Lipinski definition) is 3. The Morgan fingerprint density at radius 3 is 2.15 bits per heavy atom. The molecule has 1 heterocycles. The average molecular weight is 436 g/mol. The summed E-state index contributed by atoms with van der Waals surface area (Å²) in [6.45, 7) is 0.860. The molecule has 2 N–H and O–H groups in total. The van der Waals surface area contributed by atoms with Crippen molar-refractivity contribution in [2.24, 2.45) is 0 Å². The highest BCUT2D eigenvalue weighted by molar-refractivity contribution is 6.01. The summed E-state index contributed by atoms with van der Waals surface area (Å²) < 4.78 is 0. The number of pyridine rings is 1. The van der Waals surface area contributed by atoms with Crippen LogP contribution in [0.1, 0.15) is 32.0 Å². The number of nitrogens with one attached hydrogen (secondary N) is 2. The van der Waals surface area contributed by atoms with Crippen LogP contribution in [0.15, 0.2) is 103 Å². The van der Waals surface area contributed by atoms with Crippen molar-refractivity contribution in [3.8, 4) is 11.1 Å². The fraction of sp³-hybridized carbons (Fsp3) is 0.107. The molecule has 164 valence electrons. The molecule has 0 aliphatic heterocycles. The van der Waals surface area contributed by atoms with Crippen LogP contribution >= 0.6 is 0 Å². The van der Waals surface area contributed by atoms with E-state index in [4.69, 9.17) is 0 Å². The van der Waals surface area contributed by atoms with E-state index in [0.29, 0.717) is 30.6 Å². The Hall–Kier alpha value is -4.25. The van der Waals surface area contributed by atoms with Crippen LogP contribution in [0.25, 0.3) is 11.1 Å². The summed E-state index contributed by atoms with van der Waals surface area (Å²) in [7, 11) is 0. The predicted octanol–water partition coefficient (Wildman–Crippen LogP) is 4.65. The van der Waals surface area contributed by atoms with Gasteiger partial charge in [-0.3, -0.25) is 14.6 Å². The smallest absolute Gasteiger partial charge is 0.251 e. The average Bonchev–Trinajstić information content (AvgIpc) is 2.88. The number of carbonyl (C=O) groups excluding carboxylic acids is 2. The number of carbonyl (C=O) groups is 2. The topological polar surface area (TPSA) is 71.1 Å². The summed E-state index contributed by atoms with van der Waals surface area (Å²) in [5.74, 6) is -0.268. The molecule has 0 aliphatic carbocycles. The molecule has 33 heavy (non-hydrogen) atoms. The van der Waals surface area contributed by atoms with Gasteiger partial charge in [-0.25, -0.2) is 0 Å². The van der Waals surface area contributed by atoms with Crippen molar-refractivity contribution in [3.63, 3.8) is 0 Å². The van der Waals surface area contributed by atoms with Crippen LogP contribution in [0.2, 0.25) is 0 Å². The van der Waals surface area contributed by atoms with Gasteiger partial charge in [-0.1, -0.05) is 66.7 Å². The lowest BCUT2D eigenvalue weighted by Crippen LogP contribution is -2.26. The normalized spacial score (nSPS) is 10.4. The van der Waals surface area contributed by atoms with Gasteiger partial charge in [0.15, 0.2) is 0 Å². The van der Waals surface area contributed by atoms with Gasteiger partial charge in [0.2, 0.25) is 0 Å². The number of amides is 2. The zero-order valence-electron chi connectivity index (χ0n) is 18.2. The number of hydrogen-bond donors (Lipinski definition) is 2. The summed E-state index contributed by atoms with van der Waals surface area (Å²) >= 11 is 0. The molecule has 5 nitrogen and oxygen atoms in total. The molecule has 1 aromatic heterocycles. The minimum atomic E-state index is -0.135. The van der Waals surface area contributed by atoms with E-state index in [1.54, 1.807) is 18.3 Å². The lowest BCUT2D eigenvalue weighted by Gasteiger charge is -2.15. The fourth-order valence-corrected chi connectivity index (χ4v) is 3.67. The van der Waals surface area contributed by atoms with Crippen LogP contribution in [0, 0.1) is 0 Å². The van der Waals surface area contributed by atoms with Crippen molar-refractivity contribution in [3.05, 3.63) is 126 Å². The highest BCUT2D eigenvalue weighted by Crippen LogP contribution is 2.27. The van der Waals surface area contributed by atoms with Crippen molar-refractivity contribution in [1.29, 1.82) is 0 Å². The summed E-state index contributed by atoms with van der Waals surface area (Å²) in [5.41, 5.74) is 4.84. The Morgan fingerprint density at radius 1 is 0.667 bits per heavy atom. The Morgan fingerprint density at radius 2 is 1.36 bits per heavy atom. The van der Waals surface area contributed by atoms with E-state index in [-0.39, 0.29) is 11.8 Å². The van der Waals surface area contributed by atoms with E-state index in [9.17, 15) is 9.59 Å². The molecule has 0 atom stereocenters. The molecular weight excluding hydrogens is 410 g/mol. The fourth-order valence-electron chi connectivity index (χ4n) is 3.67. The standard InChI is InChI=1S/C28H25N3O2/c32-27(21-10-2-1-3-11-21)31-20-22-12-4-5-14-24(22)25-15-6-7-16-26(25)28(33)30-19-17-23-13-8-9-18-29-23/h1-16,18H,17,19-20H2,(H,30,33)(H,31,32). The second kappa shape index (κ2) is 10.9. The maximum absolute atomic E-state index is 13.0. The summed E-state index contributed by atoms with van der Waals surface area (Å²) in [4.78, 5) is 29.8. The third-order valence-corrected chi connectivity index (χ3v) is 5.35. The van der Waals surface area contributed by atoms with Gasteiger partial charge in [-0.15, -0.1) is 0 Å². The van der Waals surface area contributed by atoms with Gasteiger partial charge in [0, 0.05) is 42.5 Å². The molecule has 0 fully saturated rings. The third-order valence-electron chi connectivity index (χ3n) is 5.35. The number of aromatic nitrogens is 1. The van der Waals surface area contributed by atoms with E-state index in [1.807, 2.05) is 84.9 Å². The predicted molar refractivity (Wildman–Crippen MR) is 130 cm³/mol. The van der Waals surface area contributed by atoms with Crippen molar-refractivity contribution in [2.75, 3.05) is 6.54 Å². The second-order valence-electron chi connectivity index (χ2n) is 7.58. The lowest BCUT2D eigenvalue weighted by atomic mass is 9.95. The molecular formula is C28H25N3O2. The van der Waals surface area contributed by atoms with Crippen molar-refractivity contribution < 1.29 is 9.59 Å². The molecule has 0 saturated carbocycles. The summed E-state index contributed by atoms with van der Waals surface area (Å²) in [6.07, 6.45) is 2.41. The molecule has 4 aromatic rings. The zero-order valence-corrected chi connectivity index (χ0v) is 18.2. The highest BCUT2D eigenvalue weighted by Gasteiger charge is 2.15. The third kappa shape index (κ3) is 5.71.